The van der Waals surface area contributed by atoms with Crippen LogP contribution in [-0.2, 0) is 0 Å². The van der Waals surface area contributed by atoms with Crippen molar-refractivity contribution in [1.29, 1.82) is 0 Å². The van der Waals surface area contributed by atoms with Gasteiger partial charge in [0.25, 0.3) is 0 Å². The van der Waals surface area contributed by atoms with E-state index in [-0.39, 0.29) is 5.82 Å². The fraction of sp³-hybridized carbons (Fsp3) is 0.667. The standard InChI is InChI=1S/C18H28FN/c1-4-14-5-6-16(12-20-13(2)3)18(11-14)15-7-9-17(19)10-8-15/h7-10,13-14,16,18,20H,4-6,11-12H2,1-3H3. The Morgan fingerprint density at radius 1 is 1.20 bits per heavy atom. The summed E-state index contributed by atoms with van der Waals surface area (Å²) in [7, 11) is 0. The zero-order chi connectivity index (χ0) is 14.5. The smallest absolute Gasteiger partial charge is 0.123 e. The molecule has 1 N–H and O–H groups in total. The Hall–Kier alpha value is -0.890. The van der Waals surface area contributed by atoms with Gasteiger partial charge in [0.1, 0.15) is 5.82 Å². The first-order valence-corrected chi connectivity index (χ1v) is 8.09. The molecule has 112 valence electrons. The summed E-state index contributed by atoms with van der Waals surface area (Å²) >= 11 is 0. The Morgan fingerprint density at radius 2 is 1.90 bits per heavy atom. The van der Waals surface area contributed by atoms with Crippen LogP contribution in [-0.4, -0.2) is 12.6 Å². The third-order valence-electron chi connectivity index (χ3n) is 4.77. The molecule has 0 amide bonds. The maximum Gasteiger partial charge on any atom is 0.123 e. The molecule has 1 aliphatic rings. The summed E-state index contributed by atoms with van der Waals surface area (Å²) in [4.78, 5) is 0. The number of rotatable bonds is 5. The Morgan fingerprint density at radius 3 is 2.50 bits per heavy atom. The van der Waals surface area contributed by atoms with Gasteiger partial charge >= 0.3 is 0 Å². The van der Waals surface area contributed by atoms with Crippen LogP contribution in [0.5, 0.6) is 0 Å². The summed E-state index contributed by atoms with van der Waals surface area (Å²) < 4.78 is 13.1. The van der Waals surface area contributed by atoms with Crippen LogP contribution < -0.4 is 5.32 Å². The molecule has 0 aliphatic heterocycles. The van der Waals surface area contributed by atoms with Crippen LogP contribution in [0.3, 0.4) is 0 Å². The van der Waals surface area contributed by atoms with Crippen molar-refractivity contribution < 1.29 is 4.39 Å². The van der Waals surface area contributed by atoms with Crippen LogP contribution in [0.1, 0.15) is 57.9 Å². The molecule has 0 heterocycles. The lowest BCUT2D eigenvalue weighted by Crippen LogP contribution is -2.35. The van der Waals surface area contributed by atoms with Crippen LogP contribution in [0, 0.1) is 17.7 Å². The second kappa shape index (κ2) is 7.21. The molecule has 0 radical (unpaired) electrons. The quantitative estimate of drug-likeness (QED) is 0.820. The van der Waals surface area contributed by atoms with Gasteiger partial charge in [-0.15, -0.1) is 0 Å². The molecule has 0 bridgehead atoms. The van der Waals surface area contributed by atoms with Gasteiger partial charge in [0.05, 0.1) is 0 Å². The molecule has 20 heavy (non-hydrogen) atoms. The molecule has 1 nitrogen and oxygen atoms in total. The van der Waals surface area contributed by atoms with Crippen molar-refractivity contribution in [3.8, 4) is 0 Å². The van der Waals surface area contributed by atoms with E-state index in [0.29, 0.717) is 17.9 Å². The largest absolute Gasteiger partial charge is 0.314 e. The van der Waals surface area contributed by atoms with Crippen molar-refractivity contribution in [1.82, 2.24) is 5.32 Å². The van der Waals surface area contributed by atoms with E-state index in [1.165, 1.54) is 31.2 Å². The van der Waals surface area contributed by atoms with E-state index in [2.05, 4.69) is 26.1 Å². The summed E-state index contributed by atoms with van der Waals surface area (Å²) in [5, 5.41) is 3.59. The Labute approximate surface area is 123 Å². The minimum absolute atomic E-state index is 0.131. The van der Waals surface area contributed by atoms with Crippen LogP contribution in [0.15, 0.2) is 24.3 Å². The number of benzene rings is 1. The molecule has 1 aliphatic carbocycles. The van der Waals surface area contributed by atoms with Crippen LogP contribution in [0.4, 0.5) is 4.39 Å². The number of halogens is 1. The molecular formula is C18H28FN. The average molecular weight is 277 g/mol. The lowest BCUT2D eigenvalue weighted by Gasteiger charge is -2.37. The highest BCUT2D eigenvalue weighted by Crippen LogP contribution is 2.41. The fourth-order valence-corrected chi connectivity index (χ4v) is 3.44. The van der Waals surface area contributed by atoms with Crippen molar-refractivity contribution in [3.05, 3.63) is 35.6 Å². The highest BCUT2D eigenvalue weighted by atomic mass is 19.1. The summed E-state index contributed by atoms with van der Waals surface area (Å²) in [6, 6.07) is 7.73. The lowest BCUT2D eigenvalue weighted by atomic mass is 9.70. The molecule has 3 unspecified atom stereocenters. The molecule has 1 aromatic carbocycles. The number of nitrogens with one attached hydrogen (secondary N) is 1. The SMILES string of the molecule is CCC1CCC(CNC(C)C)C(c2ccc(F)cc2)C1. The first-order chi connectivity index (χ1) is 9.60. The molecule has 0 spiro atoms. The minimum Gasteiger partial charge on any atom is -0.314 e. The van der Waals surface area contributed by atoms with E-state index >= 15 is 0 Å². The van der Waals surface area contributed by atoms with Crippen LogP contribution in [0.2, 0.25) is 0 Å². The van der Waals surface area contributed by atoms with Gasteiger partial charge in [-0.3, -0.25) is 0 Å². The maximum absolute atomic E-state index is 13.1. The van der Waals surface area contributed by atoms with E-state index in [0.717, 1.165) is 12.5 Å². The zero-order valence-corrected chi connectivity index (χ0v) is 13.0. The Kier molecular flexibility index (Phi) is 5.59. The normalized spacial score (nSPS) is 26.9. The van der Waals surface area contributed by atoms with Crippen molar-refractivity contribution in [2.45, 2.75) is 58.4 Å². The minimum atomic E-state index is -0.131. The molecule has 2 rings (SSSR count). The van der Waals surface area contributed by atoms with Crippen molar-refractivity contribution in [2.75, 3.05) is 6.54 Å². The molecule has 1 saturated carbocycles. The summed E-state index contributed by atoms with van der Waals surface area (Å²) in [5.74, 6) is 1.97. The third kappa shape index (κ3) is 4.05. The molecule has 3 atom stereocenters. The lowest BCUT2D eigenvalue weighted by molar-refractivity contribution is 0.222. The predicted molar refractivity (Wildman–Crippen MR) is 83.4 cm³/mol. The van der Waals surface area contributed by atoms with Gasteiger partial charge in [-0.25, -0.2) is 4.39 Å². The Bertz CT molecular complexity index is 398. The number of hydrogen-bond donors (Lipinski definition) is 1. The predicted octanol–water partition coefficient (Wildman–Crippen LogP) is 4.73. The first-order valence-electron chi connectivity index (χ1n) is 8.09. The van der Waals surface area contributed by atoms with E-state index in [4.69, 9.17) is 0 Å². The van der Waals surface area contributed by atoms with E-state index in [1.807, 2.05) is 12.1 Å². The van der Waals surface area contributed by atoms with Gasteiger partial charge in [0.2, 0.25) is 0 Å². The third-order valence-corrected chi connectivity index (χ3v) is 4.77. The maximum atomic E-state index is 13.1. The van der Waals surface area contributed by atoms with Gasteiger partial charge in [-0.05, 0) is 54.8 Å². The van der Waals surface area contributed by atoms with E-state index < -0.39 is 0 Å². The highest BCUT2D eigenvalue weighted by Gasteiger charge is 2.30. The average Bonchev–Trinajstić information content (AvgIpc) is 2.45. The summed E-state index contributed by atoms with van der Waals surface area (Å²) in [6.07, 6.45) is 5.16. The molecular weight excluding hydrogens is 249 g/mol. The topological polar surface area (TPSA) is 12.0 Å². The van der Waals surface area contributed by atoms with Crippen LogP contribution >= 0.6 is 0 Å². The van der Waals surface area contributed by atoms with Gasteiger partial charge < -0.3 is 5.32 Å². The fourth-order valence-electron chi connectivity index (χ4n) is 3.44. The van der Waals surface area contributed by atoms with Crippen molar-refractivity contribution in [3.63, 3.8) is 0 Å². The van der Waals surface area contributed by atoms with Crippen LogP contribution in [0.25, 0.3) is 0 Å². The molecule has 2 heteroatoms. The van der Waals surface area contributed by atoms with Gasteiger partial charge in [0.15, 0.2) is 0 Å². The highest BCUT2D eigenvalue weighted by molar-refractivity contribution is 5.22. The molecule has 0 saturated heterocycles. The molecule has 0 aromatic heterocycles. The molecule has 1 aromatic rings. The Balaban J connectivity index is 2.10. The second-order valence-electron chi connectivity index (χ2n) is 6.57. The second-order valence-corrected chi connectivity index (χ2v) is 6.57. The van der Waals surface area contributed by atoms with Crippen molar-refractivity contribution >= 4 is 0 Å². The van der Waals surface area contributed by atoms with E-state index in [9.17, 15) is 4.39 Å². The summed E-state index contributed by atoms with van der Waals surface area (Å²) in [6.45, 7) is 7.77. The van der Waals surface area contributed by atoms with Gasteiger partial charge in [0, 0.05) is 6.04 Å². The van der Waals surface area contributed by atoms with Gasteiger partial charge in [-0.1, -0.05) is 45.7 Å². The van der Waals surface area contributed by atoms with Crippen molar-refractivity contribution in [2.24, 2.45) is 11.8 Å². The number of hydrogen-bond acceptors (Lipinski definition) is 1. The van der Waals surface area contributed by atoms with Gasteiger partial charge in [-0.2, -0.15) is 0 Å². The first kappa shape index (κ1) is 15.5. The van der Waals surface area contributed by atoms with E-state index in [1.54, 1.807) is 12.1 Å². The summed E-state index contributed by atoms with van der Waals surface area (Å²) in [5.41, 5.74) is 1.32. The zero-order valence-electron chi connectivity index (χ0n) is 13.0. The monoisotopic (exact) mass is 277 g/mol. The molecule has 1 fully saturated rings.